The number of hydrogen-bond donors (Lipinski definition) is 1. The van der Waals surface area contributed by atoms with Crippen LogP contribution in [0.5, 0.6) is 5.75 Å². The minimum absolute atomic E-state index is 0.195. The fourth-order valence-electron chi connectivity index (χ4n) is 2.72. The molecule has 3 rings (SSSR count). The minimum atomic E-state index is -4.68. The highest BCUT2D eigenvalue weighted by molar-refractivity contribution is 5.51. The van der Waals surface area contributed by atoms with Gasteiger partial charge in [-0.1, -0.05) is 6.07 Å². The lowest BCUT2D eigenvalue weighted by atomic mass is 9.99. The van der Waals surface area contributed by atoms with Crippen molar-refractivity contribution in [3.05, 3.63) is 41.7 Å². The van der Waals surface area contributed by atoms with Crippen molar-refractivity contribution in [2.45, 2.75) is 26.3 Å². The molecule has 24 heavy (non-hydrogen) atoms. The van der Waals surface area contributed by atoms with Crippen LogP contribution in [0.2, 0.25) is 0 Å². The largest absolute Gasteiger partial charge is 0.573 e. The smallest absolute Gasteiger partial charge is 0.406 e. The number of aromatic nitrogens is 2. The highest BCUT2D eigenvalue weighted by Crippen LogP contribution is 2.29. The minimum Gasteiger partial charge on any atom is -0.406 e. The summed E-state index contributed by atoms with van der Waals surface area (Å²) < 4.78 is 41.1. The van der Waals surface area contributed by atoms with E-state index in [1.54, 1.807) is 6.07 Å². The standard InChI is InChI=1S/C16H17F3N4O/c1-2-20-14-8-15(22-10-21-14)23-6-5-11-3-4-13(7-12(11)9-23)24-16(17,18)19/h3-4,7-8,10H,2,5-6,9H2,1H3,(H,20,21,22). The molecule has 1 aliphatic heterocycles. The quantitative estimate of drug-likeness (QED) is 0.926. The van der Waals surface area contributed by atoms with E-state index in [1.807, 2.05) is 17.9 Å². The van der Waals surface area contributed by atoms with Gasteiger partial charge in [0, 0.05) is 25.7 Å². The van der Waals surface area contributed by atoms with Gasteiger partial charge < -0.3 is 15.0 Å². The number of ether oxygens (including phenoxy) is 1. The molecule has 0 unspecified atom stereocenters. The molecule has 0 amide bonds. The number of rotatable bonds is 4. The normalized spacial score (nSPS) is 14.2. The maximum atomic E-state index is 12.4. The Kier molecular flexibility index (Phi) is 4.46. The Balaban J connectivity index is 1.80. The van der Waals surface area contributed by atoms with Gasteiger partial charge in [0.1, 0.15) is 23.7 Å². The molecule has 128 valence electrons. The Morgan fingerprint density at radius 2 is 2.04 bits per heavy atom. The molecule has 1 N–H and O–H groups in total. The van der Waals surface area contributed by atoms with Crippen molar-refractivity contribution >= 4 is 11.6 Å². The summed E-state index contributed by atoms with van der Waals surface area (Å²) in [7, 11) is 0. The maximum Gasteiger partial charge on any atom is 0.573 e. The van der Waals surface area contributed by atoms with Crippen LogP contribution in [0, 0.1) is 0 Å². The summed E-state index contributed by atoms with van der Waals surface area (Å²) in [4.78, 5) is 10.4. The van der Waals surface area contributed by atoms with E-state index in [4.69, 9.17) is 0 Å². The SMILES string of the molecule is CCNc1cc(N2CCc3ccc(OC(F)(F)F)cc3C2)ncn1. The van der Waals surface area contributed by atoms with Gasteiger partial charge in [-0.2, -0.15) is 0 Å². The van der Waals surface area contributed by atoms with Gasteiger partial charge in [0.25, 0.3) is 0 Å². The molecule has 1 aromatic heterocycles. The van der Waals surface area contributed by atoms with E-state index in [1.165, 1.54) is 18.5 Å². The third kappa shape index (κ3) is 3.87. The van der Waals surface area contributed by atoms with Crippen LogP contribution < -0.4 is 15.0 Å². The third-order valence-electron chi connectivity index (χ3n) is 3.76. The molecule has 0 saturated carbocycles. The van der Waals surface area contributed by atoms with Gasteiger partial charge in [-0.3, -0.25) is 0 Å². The predicted molar refractivity (Wildman–Crippen MR) is 84.1 cm³/mol. The fourth-order valence-corrected chi connectivity index (χ4v) is 2.72. The van der Waals surface area contributed by atoms with Crippen molar-refractivity contribution in [3.8, 4) is 5.75 Å². The first-order valence-electron chi connectivity index (χ1n) is 7.63. The molecule has 0 aliphatic carbocycles. The average Bonchev–Trinajstić information content (AvgIpc) is 2.53. The molecule has 2 aromatic rings. The van der Waals surface area contributed by atoms with Crippen LogP contribution in [0.15, 0.2) is 30.6 Å². The number of halogens is 3. The van der Waals surface area contributed by atoms with E-state index in [9.17, 15) is 13.2 Å². The monoisotopic (exact) mass is 338 g/mol. The Morgan fingerprint density at radius 3 is 2.79 bits per heavy atom. The molecule has 0 atom stereocenters. The summed E-state index contributed by atoms with van der Waals surface area (Å²) in [6.45, 7) is 3.94. The fraction of sp³-hybridized carbons (Fsp3) is 0.375. The molecule has 1 aliphatic rings. The summed E-state index contributed by atoms with van der Waals surface area (Å²) >= 11 is 0. The topological polar surface area (TPSA) is 50.3 Å². The molecule has 0 radical (unpaired) electrons. The average molecular weight is 338 g/mol. The summed E-state index contributed by atoms with van der Waals surface area (Å²) in [6.07, 6.45) is -2.47. The van der Waals surface area contributed by atoms with Crippen LogP contribution in [-0.4, -0.2) is 29.4 Å². The number of alkyl halides is 3. The first kappa shape index (κ1) is 16.4. The molecule has 5 nitrogen and oxygen atoms in total. The zero-order chi connectivity index (χ0) is 17.2. The summed E-state index contributed by atoms with van der Waals surface area (Å²) in [6, 6.07) is 6.33. The molecule has 0 spiro atoms. The van der Waals surface area contributed by atoms with Crippen LogP contribution in [0.25, 0.3) is 0 Å². The number of nitrogens with one attached hydrogen (secondary N) is 1. The molecule has 2 heterocycles. The van der Waals surface area contributed by atoms with Crippen molar-refractivity contribution in [1.29, 1.82) is 0 Å². The number of fused-ring (bicyclic) bond motifs is 1. The second-order valence-electron chi connectivity index (χ2n) is 5.44. The molecule has 0 saturated heterocycles. The Hall–Kier alpha value is -2.51. The van der Waals surface area contributed by atoms with Gasteiger partial charge in [0.2, 0.25) is 0 Å². The molecule has 8 heteroatoms. The lowest BCUT2D eigenvalue weighted by Crippen LogP contribution is -2.31. The van der Waals surface area contributed by atoms with Crippen LogP contribution in [0.3, 0.4) is 0 Å². The lowest BCUT2D eigenvalue weighted by molar-refractivity contribution is -0.274. The second kappa shape index (κ2) is 6.54. The highest BCUT2D eigenvalue weighted by Gasteiger charge is 2.31. The van der Waals surface area contributed by atoms with Gasteiger partial charge in [-0.05, 0) is 36.6 Å². The lowest BCUT2D eigenvalue weighted by Gasteiger charge is -2.30. The molecule has 1 aromatic carbocycles. The zero-order valence-corrected chi connectivity index (χ0v) is 13.1. The van der Waals surface area contributed by atoms with Gasteiger partial charge in [-0.15, -0.1) is 13.2 Å². The highest BCUT2D eigenvalue weighted by atomic mass is 19.4. The Morgan fingerprint density at radius 1 is 1.21 bits per heavy atom. The molecular weight excluding hydrogens is 321 g/mol. The van der Waals surface area contributed by atoms with E-state index < -0.39 is 6.36 Å². The Labute approximate surface area is 137 Å². The number of benzene rings is 1. The van der Waals surface area contributed by atoms with Crippen LogP contribution >= 0.6 is 0 Å². The summed E-state index contributed by atoms with van der Waals surface area (Å²) in [5.41, 5.74) is 1.84. The van der Waals surface area contributed by atoms with E-state index >= 15 is 0 Å². The first-order chi connectivity index (χ1) is 11.4. The van der Waals surface area contributed by atoms with Gasteiger partial charge in [0.05, 0.1) is 0 Å². The van der Waals surface area contributed by atoms with Crippen molar-refractivity contribution < 1.29 is 17.9 Å². The predicted octanol–water partition coefficient (Wildman–Crippen LogP) is 3.37. The zero-order valence-electron chi connectivity index (χ0n) is 13.1. The van der Waals surface area contributed by atoms with Crippen molar-refractivity contribution in [2.75, 3.05) is 23.3 Å². The van der Waals surface area contributed by atoms with E-state index in [0.29, 0.717) is 6.54 Å². The van der Waals surface area contributed by atoms with Crippen molar-refractivity contribution in [3.63, 3.8) is 0 Å². The van der Waals surface area contributed by atoms with Crippen LogP contribution in [-0.2, 0) is 13.0 Å². The molecular formula is C16H17F3N4O. The first-order valence-corrected chi connectivity index (χ1v) is 7.63. The third-order valence-corrected chi connectivity index (χ3v) is 3.76. The molecule has 0 fully saturated rings. The Bertz CT molecular complexity index is 721. The second-order valence-corrected chi connectivity index (χ2v) is 5.44. The summed E-state index contributed by atoms with van der Waals surface area (Å²) in [5, 5.41) is 3.12. The van der Waals surface area contributed by atoms with E-state index in [2.05, 4.69) is 20.0 Å². The van der Waals surface area contributed by atoms with E-state index in [0.717, 1.165) is 42.3 Å². The molecule has 0 bridgehead atoms. The van der Waals surface area contributed by atoms with E-state index in [-0.39, 0.29) is 5.75 Å². The number of hydrogen-bond acceptors (Lipinski definition) is 5. The number of anilines is 2. The van der Waals surface area contributed by atoms with Crippen LogP contribution in [0.4, 0.5) is 24.8 Å². The summed E-state index contributed by atoms with van der Waals surface area (Å²) in [5.74, 6) is 1.27. The van der Waals surface area contributed by atoms with Gasteiger partial charge in [-0.25, -0.2) is 9.97 Å². The van der Waals surface area contributed by atoms with Crippen LogP contribution in [0.1, 0.15) is 18.1 Å². The van der Waals surface area contributed by atoms with Gasteiger partial charge in [0.15, 0.2) is 0 Å². The number of nitrogens with zero attached hydrogens (tertiary/aromatic N) is 3. The van der Waals surface area contributed by atoms with Crippen molar-refractivity contribution in [1.82, 2.24) is 9.97 Å². The van der Waals surface area contributed by atoms with Crippen molar-refractivity contribution in [2.24, 2.45) is 0 Å². The maximum absolute atomic E-state index is 12.4. The van der Waals surface area contributed by atoms with Gasteiger partial charge >= 0.3 is 6.36 Å².